The molecule has 1 aromatic carbocycles. The fourth-order valence-electron chi connectivity index (χ4n) is 2.59. The van der Waals surface area contributed by atoms with Crippen molar-refractivity contribution in [2.24, 2.45) is 11.7 Å². The zero-order valence-corrected chi connectivity index (χ0v) is 13.0. The Balaban J connectivity index is 2.11. The summed E-state index contributed by atoms with van der Waals surface area (Å²) in [6.07, 6.45) is 3.70. The minimum Gasteiger partial charge on any atom is -0.379 e. The molecule has 4 heteroatoms. The first-order chi connectivity index (χ1) is 10.0. The van der Waals surface area contributed by atoms with Crippen LogP contribution in [0.5, 0.6) is 0 Å². The van der Waals surface area contributed by atoms with E-state index in [0.29, 0.717) is 6.61 Å². The van der Waals surface area contributed by atoms with Crippen LogP contribution in [0.3, 0.4) is 0 Å². The molecule has 0 saturated heterocycles. The molecule has 3 N–H and O–H groups in total. The van der Waals surface area contributed by atoms with Gasteiger partial charge in [0.2, 0.25) is 5.91 Å². The first-order valence-corrected chi connectivity index (χ1v) is 7.75. The van der Waals surface area contributed by atoms with Gasteiger partial charge >= 0.3 is 0 Å². The van der Waals surface area contributed by atoms with Crippen molar-refractivity contribution in [2.75, 3.05) is 13.2 Å². The van der Waals surface area contributed by atoms with Gasteiger partial charge in [0, 0.05) is 12.6 Å². The van der Waals surface area contributed by atoms with Gasteiger partial charge in [-0.3, -0.25) is 10.1 Å². The van der Waals surface area contributed by atoms with Crippen LogP contribution >= 0.6 is 0 Å². The van der Waals surface area contributed by atoms with Crippen LogP contribution in [0.4, 0.5) is 0 Å². The van der Waals surface area contributed by atoms with Gasteiger partial charge in [0.15, 0.2) is 0 Å². The van der Waals surface area contributed by atoms with E-state index in [4.69, 9.17) is 10.5 Å². The van der Waals surface area contributed by atoms with E-state index in [1.54, 1.807) is 0 Å². The summed E-state index contributed by atoms with van der Waals surface area (Å²) in [5.41, 5.74) is 5.62. The highest BCUT2D eigenvalue weighted by Crippen LogP contribution is 2.32. The maximum Gasteiger partial charge on any atom is 0.244 e. The number of carbonyl (C=O) groups excluding carboxylic acids is 1. The monoisotopic (exact) mass is 290 g/mol. The Hall–Kier alpha value is -1.39. The van der Waals surface area contributed by atoms with E-state index >= 15 is 0 Å². The zero-order valence-electron chi connectivity index (χ0n) is 13.0. The first-order valence-electron chi connectivity index (χ1n) is 7.75. The van der Waals surface area contributed by atoms with E-state index in [9.17, 15) is 4.79 Å². The number of hydrogen-bond donors (Lipinski definition) is 2. The van der Waals surface area contributed by atoms with E-state index < -0.39 is 11.4 Å². The van der Waals surface area contributed by atoms with Gasteiger partial charge in [0.25, 0.3) is 0 Å². The second-order valence-corrected chi connectivity index (χ2v) is 6.22. The summed E-state index contributed by atoms with van der Waals surface area (Å²) in [6, 6.07) is 9.73. The predicted molar refractivity (Wildman–Crippen MR) is 83.7 cm³/mol. The van der Waals surface area contributed by atoms with Crippen molar-refractivity contribution in [1.29, 1.82) is 0 Å². The fraction of sp³-hybridized carbons (Fsp3) is 0.588. The molecule has 1 aliphatic rings. The second kappa shape index (κ2) is 7.05. The smallest absolute Gasteiger partial charge is 0.244 e. The minimum atomic E-state index is -0.959. The highest BCUT2D eigenvalue weighted by atomic mass is 16.5. The van der Waals surface area contributed by atoms with Gasteiger partial charge in [-0.05, 0) is 31.7 Å². The van der Waals surface area contributed by atoms with Crippen LogP contribution in [0.2, 0.25) is 0 Å². The number of amides is 1. The van der Waals surface area contributed by atoms with Crippen LogP contribution in [-0.4, -0.2) is 25.2 Å². The van der Waals surface area contributed by atoms with Crippen LogP contribution in [0.1, 0.15) is 38.7 Å². The third-order valence-electron chi connectivity index (χ3n) is 3.91. The van der Waals surface area contributed by atoms with Gasteiger partial charge in [-0.2, -0.15) is 0 Å². The number of rotatable bonds is 9. The minimum absolute atomic E-state index is 0.129. The van der Waals surface area contributed by atoms with E-state index in [0.717, 1.165) is 17.9 Å². The lowest BCUT2D eigenvalue weighted by atomic mass is 9.89. The van der Waals surface area contributed by atoms with Crippen molar-refractivity contribution in [3.8, 4) is 0 Å². The van der Waals surface area contributed by atoms with Crippen molar-refractivity contribution in [1.82, 2.24) is 5.32 Å². The molecule has 0 spiro atoms. The molecule has 0 radical (unpaired) electrons. The summed E-state index contributed by atoms with van der Waals surface area (Å²) in [7, 11) is 0. The first kappa shape index (κ1) is 16.0. The van der Waals surface area contributed by atoms with Crippen molar-refractivity contribution in [3.05, 3.63) is 35.9 Å². The van der Waals surface area contributed by atoms with Gasteiger partial charge in [0.1, 0.15) is 5.54 Å². The van der Waals surface area contributed by atoms with Gasteiger partial charge in [-0.1, -0.05) is 43.2 Å². The molecule has 1 amide bonds. The zero-order chi connectivity index (χ0) is 15.3. The van der Waals surface area contributed by atoms with E-state index in [1.165, 1.54) is 12.8 Å². The van der Waals surface area contributed by atoms with Crippen LogP contribution in [-0.2, 0) is 15.1 Å². The lowest BCUT2D eigenvalue weighted by Gasteiger charge is -2.34. The Morgan fingerprint density at radius 1 is 1.38 bits per heavy atom. The molecule has 1 aliphatic carbocycles. The van der Waals surface area contributed by atoms with E-state index in [2.05, 4.69) is 5.32 Å². The maximum atomic E-state index is 12.2. The number of benzene rings is 1. The van der Waals surface area contributed by atoms with Gasteiger partial charge < -0.3 is 10.5 Å². The summed E-state index contributed by atoms with van der Waals surface area (Å²) >= 11 is 0. The molecule has 2 rings (SSSR count). The molecule has 21 heavy (non-hydrogen) atoms. The van der Waals surface area contributed by atoms with Gasteiger partial charge in [-0.25, -0.2) is 0 Å². The molecule has 1 aromatic rings. The summed E-state index contributed by atoms with van der Waals surface area (Å²) < 4.78 is 5.80. The number of carbonyl (C=O) groups is 1. The Labute approximate surface area is 127 Å². The molecular formula is C17H26N2O2. The van der Waals surface area contributed by atoms with E-state index in [1.807, 2.05) is 44.2 Å². The van der Waals surface area contributed by atoms with Crippen molar-refractivity contribution >= 4 is 5.91 Å². The third kappa shape index (κ3) is 4.29. The summed E-state index contributed by atoms with van der Waals surface area (Å²) in [4.78, 5) is 12.2. The molecule has 1 unspecified atom stereocenters. The lowest BCUT2D eigenvalue weighted by Crippen LogP contribution is -2.58. The largest absolute Gasteiger partial charge is 0.379 e. The van der Waals surface area contributed by atoms with Crippen LogP contribution in [0.25, 0.3) is 0 Å². The molecule has 0 bridgehead atoms. The summed E-state index contributed by atoms with van der Waals surface area (Å²) in [6.45, 7) is 4.97. The molecule has 116 valence electrons. The molecule has 1 saturated carbocycles. The third-order valence-corrected chi connectivity index (χ3v) is 3.91. The molecule has 0 aliphatic heterocycles. The summed E-state index contributed by atoms with van der Waals surface area (Å²) in [5.74, 6) is 0.427. The highest BCUT2D eigenvalue weighted by Gasteiger charge is 2.39. The highest BCUT2D eigenvalue weighted by molar-refractivity contribution is 5.86. The molecular weight excluding hydrogens is 264 g/mol. The Bertz CT molecular complexity index is 457. The number of nitrogens with two attached hydrogens (primary N) is 1. The normalized spacial score (nSPS) is 17.7. The summed E-state index contributed by atoms with van der Waals surface area (Å²) in [5, 5.41) is 3.31. The van der Waals surface area contributed by atoms with Crippen molar-refractivity contribution < 1.29 is 9.53 Å². The molecule has 0 heterocycles. The van der Waals surface area contributed by atoms with Crippen molar-refractivity contribution in [3.63, 3.8) is 0 Å². The van der Waals surface area contributed by atoms with Crippen molar-refractivity contribution in [2.45, 2.75) is 44.7 Å². The Morgan fingerprint density at radius 3 is 2.57 bits per heavy atom. The predicted octanol–water partition coefficient (Wildman–Crippen LogP) is 2.18. The number of nitrogens with one attached hydrogen (secondary N) is 1. The fourth-order valence-corrected chi connectivity index (χ4v) is 2.59. The topological polar surface area (TPSA) is 64.3 Å². The van der Waals surface area contributed by atoms with Gasteiger partial charge in [0.05, 0.1) is 6.61 Å². The molecule has 1 atom stereocenters. The standard InChI is InChI=1S/C17H26N2O2/c1-13(2)19-17(16(18)20,15-6-4-3-5-7-15)12-21-11-10-14-8-9-14/h3-7,13-14,19H,8-12H2,1-2H3,(H2,18,20). The second-order valence-electron chi connectivity index (χ2n) is 6.22. The molecule has 4 nitrogen and oxygen atoms in total. The maximum absolute atomic E-state index is 12.2. The average molecular weight is 290 g/mol. The van der Waals surface area contributed by atoms with Gasteiger partial charge in [-0.15, -0.1) is 0 Å². The lowest BCUT2D eigenvalue weighted by molar-refractivity contribution is -0.128. The SMILES string of the molecule is CC(C)NC(COCCC1CC1)(C(N)=O)c1ccccc1. The van der Waals surface area contributed by atoms with E-state index in [-0.39, 0.29) is 12.6 Å². The molecule has 1 fully saturated rings. The quantitative estimate of drug-likeness (QED) is 0.685. The number of hydrogen-bond acceptors (Lipinski definition) is 3. The Kier molecular flexibility index (Phi) is 5.37. The average Bonchev–Trinajstić information content (AvgIpc) is 3.26. The van der Waals surface area contributed by atoms with Crippen LogP contribution < -0.4 is 11.1 Å². The number of primary amides is 1. The number of ether oxygens (including phenoxy) is 1. The molecule has 0 aromatic heterocycles. The Morgan fingerprint density at radius 2 is 2.05 bits per heavy atom. The van der Waals surface area contributed by atoms with Crippen LogP contribution in [0, 0.1) is 5.92 Å². The van der Waals surface area contributed by atoms with Crippen LogP contribution in [0.15, 0.2) is 30.3 Å².